The van der Waals surface area contributed by atoms with Crippen molar-refractivity contribution in [2.75, 3.05) is 40.0 Å². The molecule has 3 aromatic rings. The Morgan fingerprint density at radius 1 is 1.17 bits per heavy atom. The molecule has 0 aliphatic carbocycles. The molecule has 0 bridgehead atoms. The molecule has 4 rings (SSSR count). The molecule has 1 aliphatic heterocycles. The van der Waals surface area contributed by atoms with Crippen LogP contribution in [0.5, 0.6) is 5.75 Å². The predicted octanol–water partition coefficient (Wildman–Crippen LogP) is 5.45. The summed E-state index contributed by atoms with van der Waals surface area (Å²) in [5.74, 6) is 0.319. The SMILES string of the molecule is CCOCCCN(CC(=O)N1CCc2sccc2[C@H]1c1ccc(Cl)cc1)C(=O)c1cccc(OC)c1. The van der Waals surface area contributed by atoms with E-state index in [1.165, 1.54) is 4.88 Å². The lowest BCUT2D eigenvalue weighted by atomic mass is 9.93. The fraction of sp³-hybridized carbons (Fsp3) is 0.357. The van der Waals surface area contributed by atoms with Crippen LogP contribution < -0.4 is 4.74 Å². The van der Waals surface area contributed by atoms with Gasteiger partial charge >= 0.3 is 0 Å². The van der Waals surface area contributed by atoms with E-state index in [9.17, 15) is 9.59 Å². The zero-order valence-electron chi connectivity index (χ0n) is 20.6. The second kappa shape index (κ2) is 12.4. The van der Waals surface area contributed by atoms with Gasteiger partial charge in [0.25, 0.3) is 5.91 Å². The number of ether oxygens (including phenoxy) is 2. The lowest BCUT2D eigenvalue weighted by Crippen LogP contribution is -2.47. The Morgan fingerprint density at radius 2 is 1.97 bits per heavy atom. The summed E-state index contributed by atoms with van der Waals surface area (Å²) < 4.78 is 10.8. The molecule has 6 nitrogen and oxygen atoms in total. The van der Waals surface area contributed by atoms with Gasteiger partial charge in [-0.25, -0.2) is 0 Å². The predicted molar refractivity (Wildman–Crippen MR) is 143 cm³/mol. The lowest BCUT2D eigenvalue weighted by Gasteiger charge is -2.37. The molecule has 8 heteroatoms. The van der Waals surface area contributed by atoms with E-state index in [2.05, 4.69) is 11.4 Å². The number of fused-ring (bicyclic) bond motifs is 1. The van der Waals surface area contributed by atoms with Crippen molar-refractivity contribution in [1.82, 2.24) is 9.80 Å². The maximum absolute atomic E-state index is 13.8. The molecule has 36 heavy (non-hydrogen) atoms. The summed E-state index contributed by atoms with van der Waals surface area (Å²) in [5, 5.41) is 2.73. The van der Waals surface area contributed by atoms with E-state index in [0.717, 1.165) is 17.5 Å². The molecule has 2 heterocycles. The summed E-state index contributed by atoms with van der Waals surface area (Å²) in [6, 6.07) is 16.6. The van der Waals surface area contributed by atoms with Gasteiger partial charge in [0.05, 0.1) is 13.2 Å². The lowest BCUT2D eigenvalue weighted by molar-refractivity contribution is -0.134. The second-order valence-electron chi connectivity index (χ2n) is 8.60. The van der Waals surface area contributed by atoms with Crippen molar-refractivity contribution in [3.8, 4) is 5.75 Å². The van der Waals surface area contributed by atoms with Crippen LogP contribution in [0.15, 0.2) is 60.0 Å². The van der Waals surface area contributed by atoms with Crippen molar-refractivity contribution in [1.29, 1.82) is 0 Å². The molecule has 1 aliphatic rings. The number of halogens is 1. The van der Waals surface area contributed by atoms with Gasteiger partial charge in [-0.3, -0.25) is 9.59 Å². The number of benzene rings is 2. The van der Waals surface area contributed by atoms with E-state index in [4.69, 9.17) is 21.1 Å². The van der Waals surface area contributed by atoms with Crippen LogP contribution >= 0.6 is 22.9 Å². The van der Waals surface area contributed by atoms with Crippen LogP contribution in [-0.4, -0.2) is 61.6 Å². The minimum atomic E-state index is -0.207. The standard InChI is InChI=1S/C28H31ClN2O4S/c1-3-35-16-5-14-30(28(33)21-6-4-7-23(18-21)34-2)19-26(32)31-15-12-25-24(13-17-36-25)27(31)20-8-10-22(29)11-9-20/h4,6-11,13,17-18,27H,3,5,12,14-16,19H2,1-2H3/t27-/m1/s1. The van der Waals surface area contributed by atoms with Crippen molar-refractivity contribution in [3.63, 3.8) is 0 Å². The zero-order chi connectivity index (χ0) is 25.5. The van der Waals surface area contributed by atoms with Gasteiger partial charge in [0, 0.05) is 41.8 Å². The number of rotatable bonds is 10. The maximum atomic E-state index is 13.8. The Morgan fingerprint density at radius 3 is 2.72 bits per heavy atom. The molecule has 1 atom stereocenters. The second-order valence-corrected chi connectivity index (χ2v) is 10.0. The van der Waals surface area contributed by atoms with Crippen molar-refractivity contribution < 1.29 is 19.1 Å². The molecule has 1 aromatic heterocycles. The summed E-state index contributed by atoms with van der Waals surface area (Å²) in [5.41, 5.74) is 2.64. The normalized spacial score (nSPS) is 14.9. The number of carbonyl (C=O) groups excluding carboxylic acids is 2. The molecular weight excluding hydrogens is 496 g/mol. The van der Waals surface area contributed by atoms with Crippen LogP contribution in [0.1, 0.15) is 45.7 Å². The molecule has 190 valence electrons. The summed E-state index contributed by atoms with van der Waals surface area (Å²) in [7, 11) is 1.57. The number of amides is 2. The molecule has 2 aromatic carbocycles. The molecule has 0 fully saturated rings. The van der Waals surface area contributed by atoms with Gasteiger partial charge in [0.2, 0.25) is 5.91 Å². The first-order valence-corrected chi connectivity index (χ1v) is 13.4. The molecule has 0 saturated heterocycles. The fourth-order valence-electron chi connectivity index (χ4n) is 4.54. The number of hydrogen-bond donors (Lipinski definition) is 0. The van der Waals surface area contributed by atoms with Gasteiger partial charge in [-0.15, -0.1) is 11.3 Å². The Hall–Kier alpha value is -2.87. The topological polar surface area (TPSA) is 59.1 Å². The summed E-state index contributed by atoms with van der Waals surface area (Å²) in [6.07, 6.45) is 1.45. The first kappa shape index (κ1) is 26.2. The minimum Gasteiger partial charge on any atom is -0.497 e. The van der Waals surface area contributed by atoms with E-state index >= 15 is 0 Å². The van der Waals surface area contributed by atoms with Gasteiger partial charge in [-0.1, -0.05) is 29.8 Å². The molecule has 0 N–H and O–H groups in total. The zero-order valence-corrected chi connectivity index (χ0v) is 22.2. The maximum Gasteiger partial charge on any atom is 0.254 e. The van der Waals surface area contributed by atoms with Crippen molar-refractivity contribution >= 4 is 34.8 Å². The fourth-order valence-corrected chi connectivity index (χ4v) is 5.57. The van der Waals surface area contributed by atoms with Crippen molar-refractivity contribution in [2.45, 2.75) is 25.8 Å². The molecule has 0 radical (unpaired) electrons. The average Bonchev–Trinajstić information content (AvgIpc) is 3.39. The van der Waals surface area contributed by atoms with E-state index in [0.29, 0.717) is 49.1 Å². The van der Waals surface area contributed by atoms with E-state index in [1.807, 2.05) is 36.1 Å². The van der Waals surface area contributed by atoms with E-state index in [-0.39, 0.29) is 24.4 Å². The highest BCUT2D eigenvalue weighted by atomic mass is 35.5. The Labute approximate surface area is 221 Å². The monoisotopic (exact) mass is 526 g/mol. The highest BCUT2D eigenvalue weighted by Crippen LogP contribution is 2.38. The van der Waals surface area contributed by atoms with Gasteiger partial charge in [-0.05, 0) is 72.7 Å². The van der Waals surface area contributed by atoms with Crippen LogP contribution in [0.4, 0.5) is 0 Å². The summed E-state index contributed by atoms with van der Waals surface area (Å²) in [6.45, 7) is 4.09. The van der Waals surface area contributed by atoms with E-state index in [1.54, 1.807) is 47.6 Å². The Bertz CT molecular complexity index is 1180. The number of nitrogens with zero attached hydrogens (tertiary/aromatic N) is 2. The van der Waals surface area contributed by atoms with Gasteiger partial charge in [-0.2, -0.15) is 0 Å². The quantitative estimate of drug-likeness (QED) is 0.329. The van der Waals surface area contributed by atoms with Crippen molar-refractivity contribution in [3.05, 3.63) is 86.6 Å². The molecular formula is C28H31ClN2O4S. The Kier molecular flexibility index (Phi) is 9.02. The highest BCUT2D eigenvalue weighted by Gasteiger charge is 2.34. The largest absolute Gasteiger partial charge is 0.497 e. The van der Waals surface area contributed by atoms with Gasteiger partial charge < -0.3 is 19.3 Å². The summed E-state index contributed by atoms with van der Waals surface area (Å²) in [4.78, 5) is 32.1. The summed E-state index contributed by atoms with van der Waals surface area (Å²) >= 11 is 7.86. The van der Waals surface area contributed by atoms with Crippen LogP contribution in [0, 0.1) is 0 Å². The van der Waals surface area contributed by atoms with Crippen LogP contribution in [0.25, 0.3) is 0 Å². The first-order valence-electron chi connectivity index (χ1n) is 12.1. The molecule has 0 unspecified atom stereocenters. The number of carbonyl (C=O) groups is 2. The van der Waals surface area contributed by atoms with Gasteiger partial charge in [0.15, 0.2) is 0 Å². The number of methoxy groups -OCH3 is 1. The highest BCUT2D eigenvalue weighted by molar-refractivity contribution is 7.10. The van der Waals surface area contributed by atoms with Gasteiger partial charge in [0.1, 0.15) is 12.3 Å². The first-order chi connectivity index (χ1) is 17.5. The smallest absolute Gasteiger partial charge is 0.254 e. The average molecular weight is 527 g/mol. The van der Waals surface area contributed by atoms with Crippen LogP contribution in [0.3, 0.4) is 0 Å². The number of thiophene rings is 1. The minimum absolute atomic E-state index is 0.00821. The van der Waals surface area contributed by atoms with E-state index < -0.39 is 0 Å². The third-order valence-corrected chi connectivity index (χ3v) is 7.57. The van der Waals surface area contributed by atoms with Crippen LogP contribution in [-0.2, 0) is 16.0 Å². The third kappa shape index (κ3) is 6.09. The van der Waals surface area contributed by atoms with Crippen LogP contribution in [0.2, 0.25) is 5.02 Å². The number of hydrogen-bond acceptors (Lipinski definition) is 5. The Balaban J connectivity index is 1.58. The molecule has 0 saturated carbocycles. The molecule has 0 spiro atoms. The third-order valence-electron chi connectivity index (χ3n) is 6.32. The van der Waals surface area contributed by atoms with Crippen molar-refractivity contribution in [2.24, 2.45) is 0 Å². The molecule has 2 amide bonds.